The first kappa shape index (κ1) is 25.6. The van der Waals surface area contributed by atoms with Crippen LogP contribution in [0, 0.1) is 25.2 Å². The molecule has 0 atom stereocenters. The molecule has 3 rings (SSSR count). The number of hydrogen-bond donors (Lipinski definition) is 1. The highest BCUT2D eigenvalue weighted by Crippen LogP contribution is 2.35. The van der Waals surface area contributed by atoms with Crippen molar-refractivity contribution < 1.29 is 14.3 Å². The average molecular weight is 560 g/mol. The van der Waals surface area contributed by atoms with Gasteiger partial charge in [-0.3, -0.25) is 4.79 Å². The van der Waals surface area contributed by atoms with E-state index in [4.69, 9.17) is 32.7 Å². The minimum absolute atomic E-state index is 0.0505. The van der Waals surface area contributed by atoms with Gasteiger partial charge in [-0.25, -0.2) is 0 Å². The molecule has 0 bridgehead atoms. The molecule has 0 aliphatic heterocycles. The molecule has 0 aromatic heterocycles. The number of ether oxygens (including phenoxy) is 2. The van der Waals surface area contributed by atoms with E-state index in [-0.39, 0.29) is 12.2 Å². The molecule has 8 heteroatoms. The van der Waals surface area contributed by atoms with Crippen LogP contribution < -0.4 is 14.8 Å². The summed E-state index contributed by atoms with van der Waals surface area (Å²) in [6, 6.07) is 16.2. The van der Waals surface area contributed by atoms with Crippen molar-refractivity contribution in [3.63, 3.8) is 0 Å². The van der Waals surface area contributed by atoms with E-state index in [1.54, 1.807) is 30.3 Å². The Morgan fingerprint density at radius 3 is 2.47 bits per heavy atom. The zero-order valence-corrected chi connectivity index (χ0v) is 21.8. The zero-order chi connectivity index (χ0) is 24.8. The number of carbonyl (C=O) groups is 1. The maximum atomic E-state index is 12.7. The Hall–Kier alpha value is -2.98. The van der Waals surface area contributed by atoms with Crippen molar-refractivity contribution >= 4 is 56.8 Å². The van der Waals surface area contributed by atoms with E-state index < -0.39 is 5.91 Å². The third kappa shape index (κ3) is 6.32. The number of nitriles is 1. The lowest BCUT2D eigenvalue weighted by Crippen LogP contribution is -2.13. The first-order chi connectivity index (χ1) is 16.2. The molecule has 1 N–H and O–H groups in total. The number of amides is 1. The van der Waals surface area contributed by atoms with E-state index in [2.05, 4.69) is 21.2 Å². The molecule has 3 aromatic rings. The SMILES string of the molecule is COc1cc(/C=C(\C#N)C(=O)Nc2ccc(C)c(C)c2)c(Br)cc1OCc1ccc(Cl)c(Cl)c1. The van der Waals surface area contributed by atoms with Gasteiger partial charge in [0, 0.05) is 10.2 Å². The van der Waals surface area contributed by atoms with Crippen LogP contribution in [0.3, 0.4) is 0 Å². The van der Waals surface area contributed by atoms with Crippen molar-refractivity contribution in [1.29, 1.82) is 5.26 Å². The molecule has 0 heterocycles. The van der Waals surface area contributed by atoms with E-state index in [9.17, 15) is 10.1 Å². The molecule has 174 valence electrons. The van der Waals surface area contributed by atoms with Crippen LogP contribution in [0.1, 0.15) is 22.3 Å². The van der Waals surface area contributed by atoms with Crippen LogP contribution >= 0.6 is 39.1 Å². The Morgan fingerprint density at radius 2 is 1.82 bits per heavy atom. The number of rotatable bonds is 7. The fourth-order valence-corrected chi connectivity index (χ4v) is 3.80. The molecule has 1 amide bonds. The van der Waals surface area contributed by atoms with Crippen LogP contribution in [0.4, 0.5) is 5.69 Å². The third-order valence-corrected chi connectivity index (χ3v) is 6.52. The molecule has 0 aliphatic rings. The predicted octanol–water partition coefficient (Wildman–Crippen LogP) is 7.51. The van der Waals surface area contributed by atoms with E-state index in [1.165, 1.54) is 13.2 Å². The summed E-state index contributed by atoms with van der Waals surface area (Å²) in [5, 5.41) is 13.3. The first-order valence-corrected chi connectivity index (χ1v) is 11.7. The summed E-state index contributed by atoms with van der Waals surface area (Å²) in [6.07, 6.45) is 1.49. The quantitative estimate of drug-likeness (QED) is 0.240. The summed E-state index contributed by atoms with van der Waals surface area (Å²) < 4.78 is 12.0. The van der Waals surface area contributed by atoms with Crippen LogP contribution in [-0.4, -0.2) is 13.0 Å². The monoisotopic (exact) mass is 558 g/mol. The van der Waals surface area contributed by atoms with Gasteiger partial charge in [0.05, 0.1) is 17.2 Å². The predicted molar refractivity (Wildman–Crippen MR) is 140 cm³/mol. The molecule has 5 nitrogen and oxygen atoms in total. The second-order valence-corrected chi connectivity index (χ2v) is 9.15. The van der Waals surface area contributed by atoms with Gasteiger partial charge < -0.3 is 14.8 Å². The molecule has 0 fully saturated rings. The number of carbonyl (C=O) groups excluding carboxylic acids is 1. The van der Waals surface area contributed by atoms with Crippen LogP contribution in [0.5, 0.6) is 11.5 Å². The standard InChI is InChI=1S/C26H21BrCl2N2O3/c1-15-4-6-20(8-16(15)2)31-26(32)19(13-30)10-18-11-24(33-3)25(12-21(18)27)34-14-17-5-7-22(28)23(29)9-17/h4-12H,14H2,1-3H3,(H,31,32)/b19-10+. The summed E-state index contributed by atoms with van der Waals surface area (Å²) in [6.45, 7) is 4.20. The molecular weight excluding hydrogens is 539 g/mol. The maximum Gasteiger partial charge on any atom is 0.266 e. The second kappa shape index (κ2) is 11.4. The highest BCUT2D eigenvalue weighted by Gasteiger charge is 2.14. The molecule has 34 heavy (non-hydrogen) atoms. The first-order valence-electron chi connectivity index (χ1n) is 10.2. The summed E-state index contributed by atoms with van der Waals surface area (Å²) in [7, 11) is 1.51. The summed E-state index contributed by atoms with van der Waals surface area (Å²) in [4.78, 5) is 12.7. The Morgan fingerprint density at radius 1 is 1.06 bits per heavy atom. The zero-order valence-electron chi connectivity index (χ0n) is 18.7. The Labute approximate surface area is 217 Å². The summed E-state index contributed by atoms with van der Waals surface area (Å²) in [5.41, 5.74) is 4.16. The summed E-state index contributed by atoms with van der Waals surface area (Å²) in [5.74, 6) is 0.425. The lowest BCUT2D eigenvalue weighted by molar-refractivity contribution is -0.112. The number of halogens is 3. The fourth-order valence-electron chi connectivity index (χ4n) is 3.05. The van der Waals surface area contributed by atoms with Crippen LogP contribution in [0.25, 0.3) is 6.08 Å². The van der Waals surface area contributed by atoms with Gasteiger partial charge >= 0.3 is 0 Å². The number of nitrogens with one attached hydrogen (secondary N) is 1. The van der Waals surface area contributed by atoms with E-state index >= 15 is 0 Å². The Bertz CT molecular complexity index is 1320. The van der Waals surface area contributed by atoms with Gasteiger partial charge in [0.1, 0.15) is 18.2 Å². The van der Waals surface area contributed by atoms with Gasteiger partial charge in [0.25, 0.3) is 5.91 Å². The number of nitrogens with zero attached hydrogens (tertiary/aromatic N) is 1. The van der Waals surface area contributed by atoms with Gasteiger partial charge in [-0.05, 0) is 78.6 Å². The molecule has 0 saturated carbocycles. The van der Waals surface area contributed by atoms with Crippen molar-refractivity contribution in [1.82, 2.24) is 0 Å². The molecule has 0 aliphatic carbocycles. The second-order valence-electron chi connectivity index (χ2n) is 7.48. The third-order valence-electron chi connectivity index (χ3n) is 5.09. The average Bonchev–Trinajstić information content (AvgIpc) is 2.81. The minimum atomic E-state index is -0.503. The topological polar surface area (TPSA) is 71.3 Å². The number of anilines is 1. The summed E-state index contributed by atoms with van der Waals surface area (Å²) >= 11 is 15.5. The highest BCUT2D eigenvalue weighted by molar-refractivity contribution is 9.10. The van der Waals surface area contributed by atoms with Crippen molar-refractivity contribution in [2.45, 2.75) is 20.5 Å². The van der Waals surface area contributed by atoms with Crippen molar-refractivity contribution in [3.05, 3.63) is 90.9 Å². The van der Waals surface area contributed by atoms with Crippen molar-refractivity contribution in [2.75, 3.05) is 12.4 Å². The van der Waals surface area contributed by atoms with Gasteiger partial charge in [0.2, 0.25) is 0 Å². The smallest absolute Gasteiger partial charge is 0.266 e. The van der Waals surface area contributed by atoms with Gasteiger partial charge in [-0.15, -0.1) is 0 Å². The maximum absolute atomic E-state index is 12.7. The molecule has 3 aromatic carbocycles. The number of aryl methyl sites for hydroxylation is 2. The largest absolute Gasteiger partial charge is 0.493 e. The van der Waals surface area contributed by atoms with Gasteiger partial charge in [0.15, 0.2) is 11.5 Å². The fraction of sp³-hybridized carbons (Fsp3) is 0.154. The molecule has 0 saturated heterocycles. The lowest BCUT2D eigenvalue weighted by Gasteiger charge is -2.13. The minimum Gasteiger partial charge on any atom is -0.493 e. The van der Waals surface area contributed by atoms with Crippen molar-refractivity contribution in [3.8, 4) is 17.6 Å². The number of benzene rings is 3. The lowest BCUT2D eigenvalue weighted by atomic mass is 10.1. The van der Waals surface area contributed by atoms with Crippen LogP contribution in [-0.2, 0) is 11.4 Å². The normalized spacial score (nSPS) is 11.0. The Balaban J connectivity index is 1.82. The van der Waals surface area contributed by atoms with Gasteiger partial charge in [-0.2, -0.15) is 5.26 Å². The Kier molecular flexibility index (Phi) is 8.62. The molecule has 0 radical (unpaired) electrons. The van der Waals surface area contributed by atoms with E-state index in [0.29, 0.717) is 37.3 Å². The van der Waals surface area contributed by atoms with Crippen LogP contribution in [0.2, 0.25) is 10.0 Å². The number of methoxy groups -OCH3 is 1. The molecule has 0 unspecified atom stereocenters. The number of hydrogen-bond acceptors (Lipinski definition) is 4. The van der Waals surface area contributed by atoms with E-state index in [0.717, 1.165) is 16.7 Å². The van der Waals surface area contributed by atoms with E-state index in [1.807, 2.05) is 38.1 Å². The van der Waals surface area contributed by atoms with Crippen LogP contribution in [0.15, 0.2) is 58.6 Å². The van der Waals surface area contributed by atoms with Gasteiger partial charge in [-0.1, -0.05) is 51.3 Å². The molecular formula is C26H21BrCl2N2O3. The molecule has 0 spiro atoms. The highest BCUT2D eigenvalue weighted by atomic mass is 79.9. The van der Waals surface area contributed by atoms with Crippen molar-refractivity contribution in [2.24, 2.45) is 0 Å².